The van der Waals surface area contributed by atoms with Crippen molar-refractivity contribution in [1.29, 1.82) is 0 Å². The van der Waals surface area contributed by atoms with Crippen LogP contribution in [0, 0.1) is 0 Å². The molecule has 1 saturated heterocycles. The molecule has 0 aromatic heterocycles. The van der Waals surface area contributed by atoms with Gasteiger partial charge in [0.15, 0.2) is 11.5 Å². The maximum absolute atomic E-state index is 11.9. The van der Waals surface area contributed by atoms with E-state index in [0.29, 0.717) is 16.4 Å². The molecule has 0 aliphatic carbocycles. The highest BCUT2D eigenvalue weighted by atomic mass is 32.2. The molecule has 0 saturated carbocycles. The zero-order chi connectivity index (χ0) is 16.3. The fourth-order valence-electron chi connectivity index (χ4n) is 1.87. The van der Waals surface area contributed by atoms with Crippen molar-refractivity contribution < 1.29 is 19.1 Å². The van der Waals surface area contributed by atoms with Gasteiger partial charge in [-0.25, -0.2) is 0 Å². The van der Waals surface area contributed by atoms with E-state index in [-0.39, 0.29) is 17.3 Å². The molecule has 1 heterocycles. The van der Waals surface area contributed by atoms with E-state index in [1.54, 1.807) is 19.3 Å². The Kier molecular flexibility index (Phi) is 5.13. The van der Waals surface area contributed by atoms with E-state index in [2.05, 4.69) is 0 Å². The molecule has 22 heavy (non-hydrogen) atoms. The Morgan fingerprint density at radius 2 is 2.05 bits per heavy atom. The molecule has 0 unspecified atom stereocenters. The van der Waals surface area contributed by atoms with Crippen molar-refractivity contribution in [3.8, 4) is 11.5 Å². The van der Waals surface area contributed by atoms with Gasteiger partial charge in [-0.3, -0.25) is 14.5 Å². The molecule has 118 valence electrons. The first-order valence-electron chi connectivity index (χ1n) is 7.02. The van der Waals surface area contributed by atoms with E-state index in [4.69, 9.17) is 9.47 Å². The normalized spacial score (nSPS) is 18.0. The Morgan fingerprint density at radius 1 is 1.32 bits per heavy atom. The number of benzene rings is 1. The van der Waals surface area contributed by atoms with Gasteiger partial charge < -0.3 is 9.47 Å². The van der Waals surface area contributed by atoms with Crippen LogP contribution in [0.3, 0.4) is 0 Å². The van der Waals surface area contributed by atoms with E-state index in [0.717, 1.165) is 28.6 Å². The van der Waals surface area contributed by atoms with Crippen LogP contribution in [0.1, 0.15) is 25.8 Å². The number of methoxy groups -OCH3 is 1. The van der Waals surface area contributed by atoms with E-state index in [1.807, 2.05) is 26.0 Å². The van der Waals surface area contributed by atoms with Crippen LogP contribution in [0.4, 0.5) is 4.79 Å². The summed E-state index contributed by atoms with van der Waals surface area (Å²) in [4.78, 5) is 24.9. The number of amides is 2. The molecule has 1 fully saturated rings. The molecule has 0 radical (unpaired) electrons. The number of carbonyl (C=O) groups excluding carboxylic acids is 2. The summed E-state index contributed by atoms with van der Waals surface area (Å²) in [5.41, 5.74) is 0.785. The number of hydrogen-bond donors (Lipinski definition) is 0. The van der Waals surface area contributed by atoms with Gasteiger partial charge >= 0.3 is 0 Å². The highest BCUT2D eigenvalue weighted by Gasteiger charge is 2.31. The summed E-state index contributed by atoms with van der Waals surface area (Å²) in [6, 6.07) is 5.44. The number of nitrogens with zero attached hydrogens (tertiary/aromatic N) is 1. The van der Waals surface area contributed by atoms with Crippen molar-refractivity contribution in [3.05, 3.63) is 28.7 Å². The first kappa shape index (κ1) is 16.4. The van der Waals surface area contributed by atoms with Gasteiger partial charge in [0.2, 0.25) is 0 Å². The highest BCUT2D eigenvalue weighted by Crippen LogP contribution is 2.34. The SMILES string of the molecule is CC[C@@H](C)Oc1ccc(/C=C2\SC(=O)N(C)C2=O)cc1OC. The topological polar surface area (TPSA) is 55.8 Å². The van der Waals surface area contributed by atoms with Gasteiger partial charge in [-0.05, 0) is 48.9 Å². The van der Waals surface area contributed by atoms with Gasteiger partial charge in [0, 0.05) is 7.05 Å². The van der Waals surface area contributed by atoms with Crippen molar-refractivity contribution in [3.63, 3.8) is 0 Å². The second-order valence-electron chi connectivity index (χ2n) is 4.99. The lowest BCUT2D eigenvalue weighted by Crippen LogP contribution is -2.22. The third kappa shape index (κ3) is 3.44. The van der Waals surface area contributed by atoms with Crippen LogP contribution in [0.5, 0.6) is 11.5 Å². The van der Waals surface area contributed by atoms with Crippen LogP contribution in [0.25, 0.3) is 6.08 Å². The first-order chi connectivity index (χ1) is 10.5. The van der Waals surface area contributed by atoms with E-state index < -0.39 is 0 Å². The summed E-state index contributed by atoms with van der Waals surface area (Å²) >= 11 is 0.935. The number of thioether (sulfide) groups is 1. The summed E-state index contributed by atoms with van der Waals surface area (Å²) in [6.45, 7) is 4.04. The summed E-state index contributed by atoms with van der Waals surface area (Å²) in [5, 5.41) is -0.264. The average molecular weight is 321 g/mol. The second kappa shape index (κ2) is 6.87. The molecular weight excluding hydrogens is 302 g/mol. The minimum atomic E-state index is -0.283. The molecule has 1 aliphatic heterocycles. The number of carbonyl (C=O) groups is 2. The van der Waals surface area contributed by atoms with Gasteiger partial charge in [-0.15, -0.1) is 0 Å². The fraction of sp³-hybridized carbons (Fsp3) is 0.375. The number of rotatable bonds is 5. The largest absolute Gasteiger partial charge is 0.493 e. The van der Waals surface area contributed by atoms with Crippen molar-refractivity contribution in [2.24, 2.45) is 0 Å². The lowest BCUT2D eigenvalue weighted by atomic mass is 10.1. The van der Waals surface area contributed by atoms with Gasteiger partial charge in [0.25, 0.3) is 11.1 Å². The van der Waals surface area contributed by atoms with E-state index in [1.165, 1.54) is 7.05 Å². The van der Waals surface area contributed by atoms with Gasteiger partial charge in [-0.2, -0.15) is 0 Å². The highest BCUT2D eigenvalue weighted by molar-refractivity contribution is 8.18. The molecule has 2 amide bonds. The van der Waals surface area contributed by atoms with Crippen LogP contribution in [-0.2, 0) is 4.79 Å². The third-order valence-corrected chi connectivity index (χ3v) is 4.34. The second-order valence-corrected chi connectivity index (χ2v) is 5.98. The Morgan fingerprint density at radius 3 is 2.59 bits per heavy atom. The molecule has 6 heteroatoms. The summed E-state index contributed by atoms with van der Waals surface area (Å²) in [6.07, 6.45) is 2.68. The molecular formula is C16H19NO4S. The van der Waals surface area contributed by atoms with Gasteiger partial charge in [-0.1, -0.05) is 13.0 Å². The summed E-state index contributed by atoms with van der Waals surface area (Å²) in [7, 11) is 3.05. The molecule has 1 aromatic rings. The predicted molar refractivity (Wildman–Crippen MR) is 87.1 cm³/mol. The summed E-state index contributed by atoms with van der Waals surface area (Å²) in [5.74, 6) is 0.983. The van der Waals surface area contributed by atoms with Crippen LogP contribution < -0.4 is 9.47 Å². The molecule has 1 aliphatic rings. The quantitative estimate of drug-likeness (QED) is 0.776. The maximum atomic E-state index is 11.9. The number of ether oxygens (including phenoxy) is 2. The number of imide groups is 1. The Hall–Kier alpha value is -1.95. The molecule has 1 atom stereocenters. The molecule has 1 aromatic carbocycles. The van der Waals surface area contributed by atoms with Crippen molar-refractivity contribution in [2.45, 2.75) is 26.4 Å². The molecule has 2 rings (SSSR count). The van der Waals surface area contributed by atoms with Crippen LogP contribution in [0.2, 0.25) is 0 Å². The predicted octanol–water partition coefficient (Wildman–Crippen LogP) is 3.54. The lowest BCUT2D eigenvalue weighted by Gasteiger charge is -2.15. The molecule has 5 nitrogen and oxygen atoms in total. The van der Waals surface area contributed by atoms with Crippen molar-refractivity contribution >= 4 is 29.0 Å². The molecule has 0 spiro atoms. The smallest absolute Gasteiger partial charge is 0.293 e. The molecule has 0 bridgehead atoms. The third-order valence-electron chi connectivity index (χ3n) is 3.38. The van der Waals surface area contributed by atoms with Crippen LogP contribution in [0.15, 0.2) is 23.1 Å². The van der Waals surface area contributed by atoms with Crippen LogP contribution in [-0.4, -0.2) is 36.3 Å². The Bertz CT molecular complexity index is 627. The van der Waals surface area contributed by atoms with Gasteiger partial charge in [0.05, 0.1) is 18.1 Å². The Balaban J connectivity index is 2.27. The van der Waals surface area contributed by atoms with Crippen molar-refractivity contribution in [1.82, 2.24) is 4.90 Å². The minimum absolute atomic E-state index is 0.0938. The maximum Gasteiger partial charge on any atom is 0.293 e. The average Bonchev–Trinajstić information content (AvgIpc) is 2.75. The zero-order valence-corrected chi connectivity index (χ0v) is 13.9. The van der Waals surface area contributed by atoms with Crippen molar-refractivity contribution in [2.75, 3.05) is 14.2 Å². The Labute approximate surface area is 134 Å². The monoisotopic (exact) mass is 321 g/mol. The molecule has 0 N–H and O–H groups in total. The number of hydrogen-bond acceptors (Lipinski definition) is 5. The standard InChI is InChI=1S/C16H19NO4S/c1-5-10(2)21-12-7-6-11(8-13(12)20-4)9-14-15(18)17(3)16(19)22-14/h6-10H,5H2,1-4H3/b14-9-/t10-/m1/s1. The first-order valence-corrected chi connectivity index (χ1v) is 7.84. The lowest BCUT2D eigenvalue weighted by molar-refractivity contribution is -0.121. The van der Waals surface area contributed by atoms with Gasteiger partial charge in [0.1, 0.15) is 0 Å². The van der Waals surface area contributed by atoms with E-state index in [9.17, 15) is 9.59 Å². The zero-order valence-electron chi connectivity index (χ0n) is 13.1. The fourth-order valence-corrected chi connectivity index (χ4v) is 2.70. The van der Waals surface area contributed by atoms with Crippen LogP contribution >= 0.6 is 11.8 Å². The number of likely N-dealkylation sites (N-methyl/N-ethyl adjacent to an activating group) is 1. The minimum Gasteiger partial charge on any atom is -0.493 e. The van der Waals surface area contributed by atoms with E-state index >= 15 is 0 Å². The summed E-state index contributed by atoms with van der Waals surface area (Å²) < 4.78 is 11.1.